The minimum absolute atomic E-state index is 0.435. The van der Waals surface area contributed by atoms with Crippen LogP contribution in [0.4, 0.5) is 0 Å². The summed E-state index contributed by atoms with van der Waals surface area (Å²) in [6.45, 7) is 0. The molecule has 8 rings (SSSR count). The molecule has 0 N–H and O–H groups in total. The lowest BCUT2D eigenvalue weighted by atomic mass is 9.89. The first-order valence-corrected chi connectivity index (χ1v) is 11.8. The summed E-state index contributed by atoms with van der Waals surface area (Å²) in [7, 11) is 0.870. The van der Waals surface area contributed by atoms with Crippen LogP contribution >= 0.6 is 21.0 Å². The first kappa shape index (κ1) is 11.8. The Labute approximate surface area is 144 Å². The molecule has 2 heteroatoms. The molecule has 0 amide bonds. The van der Waals surface area contributed by atoms with E-state index in [1.807, 2.05) is 0 Å². The number of rotatable bonds is 0. The van der Waals surface area contributed by atoms with Crippen molar-refractivity contribution in [3.8, 4) is 0 Å². The van der Waals surface area contributed by atoms with Crippen molar-refractivity contribution in [3.63, 3.8) is 0 Å². The molecule has 0 nitrogen and oxygen atoms in total. The van der Waals surface area contributed by atoms with Crippen LogP contribution in [0, 0.1) is 9.02 Å². The van der Waals surface area contributed by atoms with Crippen LogP contribution in [0.3, 0.4) is 0 Å². The Hall–Kier alpha value is -1.64. The molecule has 0 aromatic heterocycles. The molecular formula is C22H14S2. The standard InChI is InChI=1S/C22H14S2/c1-2-4-14-13(3-1)15-9-23-7-11-5-6-12-8-24-10-16(14)20-19(15)21(23)17(11)18(12)22(20)24/h1-6H,7-10H2. The van der Waals surface area contributed by atoms with E-state index in [4.69, 9.17) is 0 Å². The SMILES string of the molecule is c1ccc2c3c4c5c6c(ccc7c6c6c4c(c2c1)CS=6C7)CS=5C3. The average molecular weight is 342 g/mol. The van der Waals surface area contributed by atoms with Crippen molar-refractivity contribution >= 4 is 53.3 Å². The Morgan fingerprint density at radius 1 is 0.542 bits per heavy atom. The quantitative estimate of drug-likeness (QED) is 0.262. The first-order valence-electron chi connectivity index (χ1n) is 8.72. The first-order chi connectivity index (χ1) is 11.9. The highest BCUT2D eigenvalue weighted by atomic mass is 32.2. The molecule has 4 aliphatic rings. The largest absolute Gasteiger partial charge is 0.168 e. The predicted octanol–water partition coefficient (Wildman–Crippen LogP) is 6.24. The lowest BCUT2D eigenvalue weighted by Gasteiger charge is -2.15. The third-order valence-electron chi connectivity index (χ3n) is 6.59. The molecule has 0 fully saturated rings. The summed E-state index contributed by atoms with van der Waals surface area (Å²) in [4.78, 5) is 0. The third kappa shape index (κ3) is 1.02. The van der Waals surface area contributed by atoms with E-state index in [0.29, 0.717) is 21.0 Å². The highest BCUT2D eigenvalue weighted by Crippen LogP contribution is 2.59. The Balaban J connectivity index is 1.89. The zero-order chi connectivity index (χ0) is 15.2. The van der Waals surface area contributed by atoms with E-state index in [2.05, 4.69) is 36.4 Å². The molecule has 4 aromatic carbocycles. The van der Waals surface area contributed by atoms with Crippen molar-refractivity contribution in [2.24, 2.45) is 0 Å². The second kappa shape index (κ2) is 3.49. The monoisotopic (exact) mass is 342 g/mol. The van der Waals surface area contributed by atoms with Gasteiger partial charge in [0.25, 0.3) is 0 Å². The lowest BCUT2D eigenvalue weighted by Crippen LogP contribution is -1.95. The van der Waals surface area contributed by atoms with Crippen molar-refractivity contribution in [3.05, 3.63) is 67.7 Å². The van der Waals surface area contributed by atoms with Gasteiger partial charge in [-0.2, -0.15) is 21.0 Å². The highest BCUT2D eigenvalue weighted by molar-refractivity contribution is 8.09. The van der Waals surface area contributed by atoms with Gasteiger partial charge in [-0.25, -0.2) is 0 Å². The smallest absolute Gasteiger partial charge is 0.0156 e. The van der Waals surface area contributed by atoms with Gasteiger partial charge in [0.1, 0.15) is 0 Å². The van der Waals surface area contributed by atoms with Gasteiger partial charge in [-0.15, -0.1) is 0 Å². The molecule has 0 saturated carbocycles. The number of hydrogen-bond donors (Lipinski definition) is 0. The van der Waals surface area contributed by atoms with E-state index in [-0.39, 0.29) is 0 Å². The molecule has 0 spiro atoms. The van der Waals surface area contributed by atoms with E-state index in [0.717, 1.165) is 0 Å². The van der Waals surface area contributed by atoms with E-state index >= 15 is 0 Å². The lowest BCUT2D eigenvalue weighted by molar-refractivity contribution is 1.38. The fourth-order valence-corrected chi connectivity index (χ4v) is 11.2. The second-order valence-corrected chi connectivity index (χ2v) is 11.6. The van der Waals surface area contributed by atoms with Crippen LogP contribution < -0.4 is 0 Å². The summed E-state index contributed by atoms with van der Waals surface area (Å²) in [5.41, 5.74) is 6.69. The number of fused-ring (bicyclic) bond motifs is 3. The Morgan fingerprint density at radius 2 is 1.04 bits per heavy atom. The van der Waals surface area contributed by atoms with Crippen LogP contribution in [0.25, 0.3) is 32.3 Å². The maximum Gasteiger partial charge on any atom is 0.0156 e. The summed E-state index contributed by atoms with van der Waals surface area (Å²) in [6, 6.07) is 14.2. The number of hydrogen-bond acceptors (Lipinski definition) is 0. The van der Waals surface area contributed by atoms with Crippen molar-refractivity contribution in [2.45, 2.75) is 23.0 Å². The molecule has 0 saturated heterocycles. The summed E-state index contributed by atoms with van der Waals surface area (Å²) >= 11 is 0. The van der Waals surface area contributed by atoms with Crippen LogP contribution in [0.5, 0.6) is 0 Å². The molecule has 0 radical (unpaired) electrons. The molecule has 24 heavy (non-hydrogen) atoms. The van der Waals surface area contributed by atoms with Gasteiger partial charge < -0.3 is 0 Å². The van der Waals surface area contributed by atoms with Gasteiger partial charge in [-0.05, 0) is 33.0 Å². The van der Waals surface area contributed by atoms with Gasteiger partial charge in [0.05, 0.1) is 0 Å². The van der Waals surface area contributed by atoms with Gasteiger partial charge in [-0.3, -0.25) is 0 Å². The van der Waals surface area contributed by atoms with Crippen molar-refractivity contribution in [1.82, 2.24) is 0 Å². The Kier molecular flexibility index (Phi) is 1.72. The molecule has 2 atom stereocenters. The fourth-order valence-electron chi connectivity index (χ4n) is 5.77. The molecule has 114 valence electrons. The topological polar surface area (TPSA) is 0 Å². The van der Waals surface area contributed by atoms with Gasteiger partial charge in [0.15, 0.2) is 0 Å². The molecule has 0 aliphatic carbocycles. The minimum Gasteiger partial charge on any atom is -0.168 e. The van der Waals surface area contributed by atoms with Crippen LogP contribution in [-0.4, -0.2) is 0 Å². The number of benzene rings is 4. The van der Waals surface area contributed by atoms with Gasteiger partial charge in [0.2, 0.25) is 0 Å². The third-order valence-corrected chi connectivity index (χ3v) is 11.2. The van der Waals surface area contributed by atoms with Crippen LogP contribution in [0.2, 0.25) is 0 Å². The summed E-state index contributed by atoms with van der Waals surface area (Å²) in [5, 5.41) is 9.95. The Bertz CT molecular complexity index is 1380. The van der Waals surface area contributed by atoms with E-state index < -0.39 is 0 Å². The normalized spacial score (nSPS) is 24.0. The average Bonchev–Trinajstić information content (AvgIpc) is 3.31. The van der Waals surface area contributed by atoms with Gasteiger partial charge in [0, 0.05) is 53.6 Å². The van der Waals surface area contributed by atoms with E-state index in [9.17, 15) is 0 Å². The van der Waals surface area contributed by atoms with Crippen LogP contribution in [0.15, 0.2) is 36.4 Å². The summed E-state index contributed by atoms with van der Waals surface area (Å²) < 4.78 is 3.55. The minimum atomic E-state index is 0.435. The Morgan fingerprint density at radius 3 is 1.54 bits per heavy atom. The molecular weight excluding hydrogens is 328 g/mol. The molecule has 4 heterocycles. The maximum absolute atomic E-state index is 2.46. The maximum atomic E-state index is 2.46. The van der Waals surface area contributed by atoms with E-state index in [1.165, 1.54) is 23.0 Å². The molecule has 0 bridgehead atoms. The fraction of sp³-hybridized carbons (Fsp3) is 0.182. The van der Waals surface area contributed by atoms with Crippen molar-refractivity contribution < 1.29 is 0 Å². The van der Waals surface area contributed by atoms with Gasteiger partial charge in [-0.1, -0.05) is 36.4 Å². The van der Waals surface area contributed by atoms with Crippen LogP contribution in [-0.2, 0) is 23.0 Å². The summed E-state index contributed by atoms with van der Waals surface area (Å²) in [6.07, 6.45) is 0. The van der Waals surface area contributed by atoms with Crippen LogP contribution in [0.1, 0.15) is 22.3 Å². The van der Waals surface area contributed by atoms with Crippen molar-refractivity contribution in [2.75, 3.05) is 0 Å². The van der Waals surface area contributed by atoms with Gasteiger partial charge >= 0.3 is 0 Å². The van der Waals surface area contributed by atoms with E-state index in [1.54, 1.807) is 63.6 Å². The highest BCUT2D eigenvalue weighted by Gasteiger charge is 2.34. The molecule has 4 aromatic rings. The second-order valence-electron chi connectivity index (χ2n) is 7.61. The summed E-state index contributed by atoms with van der Waals surface area (Å²) in [5.74, 6) is 5.19. The predicted molar refractivity (Wildman–Crippen MR) is 107 cm³/mol. The molecule has 4 aliphatic heterocycles. The zero-order valence-corrected chi connectivity index (χ0v) is 14.7. The zero-order valence-electron chi connectivity index (χ0n) is 13.1. The van der Waals surface area contributed by atoms with Crippen molar-refractivity contribution in [1.29, 1.82) is 0 Å². The molecule has 2 unspecified atom stereocenters.